The third kappa shape index (κ3) is 3.84. The number of benzene rings is 1. The summed E-state index contributed by atoms with van der Waals surface area (Å²) in [6, 6.07) is 4.30. The fraction of sp³-hybridized carbons (Fsp3) is 0.385. The molecule has 1 rings (SSSR count). The molecule has 0 saturated heterocycles. The molecule has 4 nitrogen and oxygen atoms in total. The van der Waals surface area contributed by atoms with E-state index in [1.807, 2.05) is 0 Å². The highest BCUT2D eigenvalue weighted by Gasteiger charge is 2.13. The molecule has 1 atom stereocenters. The van der Waals surface area contributed by atoms with Crippen molar-refractivity contribution in [1.29, 1.82) is 0 Å². The van der Waals surface area contributed by atoms with Gasteiger partial charge in [0.15, 0.2) is 0 Å². The van der Waals surface area contributed by atoms with Gasteiger partial charge >= 0.3 is 5.97 Å². The maximum atomic E-state index is 13.3. The van der Waals surface area contributed by atoms with Crippen LogP contribution in [0.2, 0.25) is 0 Å². The van der Waals surface area contributed by atoms with Crippen LogP contribution in [0.15, 0.2) is 18.2 Å². The van der Waals surface area contributed by atoms with Crippen LogP contribution in [0.3, 0.4) is 0 Å². The average molecular weight is 253 g/mol. The highest BCUT2D eigenvalue weighted by atomic mass is 19.1. The molecule has 0 radical (unpaired) electrons. The highest BCUT2D eigenvalue weighted by Crippen LogP contribution is 2.12. The van der Waals surface area contributed by atoms with Crippen molar-refractivity contribution in [1.82, 2.24) is 5.32 Å². The number of amides is 1. The van der Waals surface area contributed by atoms with Gasteiger partial charge < -0.3 is 10.4 Å². The minimum Gasteiger partial charge on any atom is -0.481 e. The van der Waals surface area contributed by atoms with Gasteiger partial charge in [0.2, 0.25) is 0 Å². The van der Waals surface area contributed by atoms with E-state index in [4.69, 9.17) is 5.11 Å². The summed E-state index contributed by atoms with van der Waals surface area (Å²) in [6.45, 7) is 3.51. The van der Waals surface area contributed by atoms with Gasteiger partial charge in [-0.3, -0.25) is 9.59 Å². The van der Waals surface area contributed by atoms with Crippen molar-refractivity contribution in [3.05, 3.63) is 35.1 Å². The molecular weight excluding hydrogens is 237 g/mol. The lowest BCUT2D eigenvalue weighted by Crippen LogP contribution is -2.29. The molecule has 0 fully saturated rings. The second-order valence-electron chi connectivity index (χ2n) is 4.33. The normalized spacial score (nSPS) is 11.9. The van der Waals surface area contributed by atoms with E-state index in [0.29, 0.717) is 5.56 Å². The number of hydrogen-bond acceptors (Lipinski definition) is 2. The highest BCUT2D eigenvalue weighted by molar-refractivity contribution is 5.95. The van der Waals surface area contributed by atoms with Crippen LogP contribution >= 0.6 is 0 Å². The van der Waals surface area contributed by atoms with Crippen LogP contribution in [-0.4, -0.2) is 23.5 Å². The number of carbonyl (C=O) groups excluding carboxylic acids is 1. The number of nitrogens with one attached hydrogen (secondary N) is 1. The van der Waals surface area contributed by atoms with Crippen molar-refractivity contribution in [3.8, 4) is 0 Å². The standard InChI is InChI=1S/C13H16FNO3/c1-8(6-12(16)17)7-15-13(18)10-4-3-5-11(14)9(10)2/h3-5,8H,6-7H2,1-2H3,(H,15,18)(H,16,17). The molecule has 1 aromatic rings. The van der Waals surface area contributed by atoms with E-state index < -0.39 is 11.8 Å². The first kappa shape index (κ1) is 14.2. The van der Waals surface area contributed by atoms with Crippen LogP contribution in [0.25, 0.3) is 0 Å². The molecule has 0 spiro atoms. The molecule has 0 bridgehead atoms. The quantitative estimate of drug-likeness (QED) is 0.843. The van der Waals surface area contributed by atoms with Gasteiger partial charge in [0.25, 0.3) is 5.91 Å². The van der Waals surface area contributed by atoms with Crippen LogP contribution in [0, 0.1) is 18.7 Å². The first-order valence-electron chi connectivity index (χ1n) is 5.67. The Balaban J connectivity index is 2.61. The first-order chi connectivity index (χ1) is 8.41. The van der Waals surface area contributed by atoms with Gasteiger partial charge in [-0.1, -0.05) is 13.0 Å². The summed E-state index contributed by atoms with van der Waals surface area (Å²) in [4.78, 5) is 22.2. The molecule has 18 heavy (non-hydrogen) atoms. The predicted octanol–water partition coefficient (Wildman–Crippen LogP) is 1.97. The van der Waals surface area contributed by atoms with Crippen LogP contribution in [0.5, 0.6) is 0 Å². The van der Waals surface area contributed by atoms with Crippen molar-refractivity contribution in [2.45, 2.75) is 20.3 Å². The summed E-state index contributed by atoms with van der Waals surface area (Å²) in [5.74, 6) is -1.88. The van der Waals surface area contributed by atoms with Gasteiger partial charge in [0.1, 0.15) is 5.82 Å². The Bertz CT molecular complexity index is 460. The third-order valence-electron chi connectivity index (χ3n) is 2.65. The van der Waals surface area contributed by atoms with Gasteiger partial charge in [-0.2, -0.15) is 0 Å². The maximum Gasteiger partial charge on any atom is 0.303 e. The molecule has 5 heteroatoms. The zero-order valence-corrected chi connectivity index (χ0v) is 10.4. The molecule has 1 amide bonds. The van der Waals surface area contributed by atoms with E-state index in [1.54, 1.807) is 6.92 Å². The maximum absolute atomic E-state index is 13.3. The second kappa shape index (κ2) is 6.14. The molecule has 2 N–H and O–H groups in total. The van der Waals surface area contributed by atoms with E-state index in [1.165, 1.54) is 25.1 Å². The van der Waals surface area contributed by atoms with E-state index in [0.717, 1.165) is 0 Å². The number of halogens is 1. The van der Waals surface area contributed by atoms with Crippen molar-refractivity contribution >= 4 is 11.9 Å². The lowest BCUT2D eigenvalue weighted by Gasteiger charge is -2.11. The number of carboxylic acid groups (broad SMARTS) is 1. The Kier molecular flexibility index (Phi) is 4.83. The largest absolute Gasteiger partial charge is 0.481 e. The fourth-order valence-corrected chi connectivity index (χ4v) is 1.59. The Hall–Kier alpha value is -1.91. The van der Waals surface area contributed by atoms with Gasteiger partial charge in [-0.15, -0.1) is 0 Å². The topological polar surface area (TPSA) is 66.4 Å². The summed E-state index contributed by atoms with van der Waals surface area (Å²) in [5.41, 5.74) is 0.568. The smallest absolute Gasteiger partial charge is 0.303 e. The number of carboxylic acids is 1. The van der Waals surface area contributed by atoms with E-state index in [9.17, 15) is 14.0 Å². The lowest BCUT2D eigenvalue weighted by molar-refractivity contribution is -0.137. The fourth-order valence-electron chi connectivity index (χ4n) is 1.59. The Labute approximate surface area is 105 Å². The third-order valence-corrected chi connectivity index (χ3v) is 2.65. The van der Waals surface area contributed by atoms with Crippen LogP contribution in [0.1, 0.15) is 29.3 Å². The summed E-state index contributed by atoms with van der Waals surface area (Å²) in [7, 11) is 0. The molecule has 0 aliphatic carbocycles. The summed E-state index contributed by atoms with van der Waals surface area (Å²) in [6.07, 6.45) is -0.0115. The van der Waals surface area contributed by atoms with Gasteiger partial charge in [0.05, 0.1) is 0 Å². The number of hydrogen-bond donors (Lipinski definition) is 2. The molecule has 0 aromatic heterocycles. The molecular formula is C13H16FNO3. The van der Waals surface area contributed by atoms with Gasteiger partial charge in [-0.05, 0) is 30.5 Å². The molecule has 0 aliphatic heterocycles. The van der Waals surface area contributed by atoms with E-state index in [2.05, 4.69) is 5.32 Å². The van der Waals surface area contributed by atoms with Crippen LogP contribution in [0.4, 0.5) is 4.39 Å². The molecule has 0 aliphatic rings. The number of carbonyl (C=O) groups is 2. The summed E-state index contributed by atoms with van der Waals surface area (Å²) < 4.78 is 13.3. The van der Waals surface area contributed by atoms with Crippen molar-refractivity contribution in [2.24, 2.45) is 5.92 Å². The molecule has 1 aromatic carbocycles. The molecule has 1 unspecified atom stereocenters. The second-order valence-corrected chi connectivity index (χ2v) is 4.33. The first-order valence-corrected chi connectivity index (χ1v) is 5.67. The number of rotatable bonds is 5. The van der Waals surface area contributed by atoms with Gasteiger partial charge in [0, 0.05) is 18.5 Å². The molecule has 98 valence electrons. The Morgan fingerprint density at radius 2 is 2.11 bits per heavy atom. The SMILES string of the molecule is Cc1c(F)cccc1C(=O)NCC(C)CC(=O)O. The Morgan fingerprint density at radius 1 is 1.44 bits per heavy atom. The monoisotopic (exact) mass is 253 g/mol. The minimum atomic E-state index is -0.904. The van der Waals surface area contributed by atoms with Crippen molar-refractivity contribution < 1.29 is 19.1 Å². The predicted molar refractivity (Wildman–Crippen MR) is 64.9 cm³/mol. The van der Waals surface area contributed by atoms with Gasteiger partial charge in [-0.25, -0.2) is 4.39 Å². The van der Waals surface area contributed by atoms with Crippen LogP contribution < -0.4 is 5.32 Å². The average Bonchev–Trinajstić information content (AvgIpc) is 2.29. The summed E-state index contributed by atoms with van der Waals surface area (Å²) >= 11 is 0. The number of aliphatic carboxylic acids is 1. The van der Waals surface area contributed by atoms with Crippen molar-refractivity contribution in [2.75, 3.05) is 6.54 Å². The lowest BCUT2D eigenvalue weighted by atomic mass is 10.1. The van der Waals surface area contributed by atoms with Crippen molar-refractivity contribution in [3.63, 3.8) is 0 Å². The van der Waals surface area contributed by atoms with E-state index in [-0.39, 0.29) is 30.4 Å². The zero-order valence-electron chi connectivity index (χ0n) is 10.4. The zero-order chi connectivity index (χ0) is 13.7. The molecule has 0 saturated carbocycles. The van der Waals surface area contributed by atoms with Crippen LogP contribution in [-0.2, 0) is 4.79 Å². The molecule has 0 heterocycles. The summed E-state index contributed by atoms with van der Waals surface area (Å²) in [5, 5.41) is 11.2. The minimum absolute atomic E-state index is 0.0115. The van der Waals surface area contributed by atoms with E-state index >= 15 is 0 Å². The Morgan fingerprint density at radius 3 is 2.72 bits per heavy atom.